The Labute approximate surface area is 240 Å². The van der Waals surface area contributed by atoms with Gasteiger partial charge in [0.2, 0.25) is 0 Å². The second kappa shape index (κ2) is 17.2. The first-order valence-electron chi connectivity index (χ1n) is 13.7. The number of ether oxygens (including phenoxy) is 2. The Hall–Kier alpha value is -2.56. The van der Waals surface area contributed by atoms with E-state index in [1.807, 2.05) is 56.1 Å². The lowest BCUT2D eigenvalue weighted by molar-refractivity contribution is -0.144. The second-order valence-electron chi connectivity index (χ2n) is 9.09. The third-order valence-corrected chi connectivity index (χ3v) is 8.30. The molecule has 0 saturated carbocycles. The molecule has 8 nitrogen and oxygen atoms in total. The average Bonchev–Trinajstić information content (AvgIpc) is 3.34. The van der Waals surface area contributed by atoms with E-state index in [1.165, 1.54) is 10.5 Å². The molecule has 0 amide bonds. The minimum absolute atomic E-state index is 0.151. The highest BCUT2D eigenvalue weighted by molar-refractivity contribution is 7.99. The Morgan fingerprint density at radius 3 is 2.26 bits per heavy atom. The van der Waals surface area contributed by atoms with Crippen molar-refractivity contribution in [3.63, 3.8) is 0 Å². The first kappa shape index (κ1) is 31.0. The molecule has 3 aromatic rings. The summed E-state index contributed by atoms with van der Waals surface area (Å²) >= 11 is 3.52. The molecule has 212 valence electrons. The molecule has 2 heterocycles. The van der Waals surface area contributed by atoms with E-state index in [-0.39, 0.29) is 11.9 Å². The molecule has 0 bridgehead atoms. The van der Waals surface area contributed by atoms with Crippen LogP contribution in [-0.4, -0.2) is 70.4 Å². The van der Waals surface area contributed by atoms with Crippen LogP contribution in [0.25, 0.3) is 11.0 Å². The molecule has 0 saturated heterocycles. The molecule has 3 rings (SSSR count). The number of hydrogen-bond donors (Lipinski definition) is 1. The molecule has 0 aliphatic heterocycles. The summed E-state index contributed by atoms with van der Waals surface area (Å²) in [6.07, 6.45) is 5.24. The third-order valence-electron chi connectivity index (χ3n) is 6.17. The van der Waals surface area contributed by atoms with Crippen LogP contribution >= 0.6 is 23.5 Å². The number of thioether (sulfide) groups is 2. The molecule has 0 spiro atoms. The van der Waals surface area contributed by atoms with Gasteiger partial charge in [-0.3, -0.25) is 14.6 Å². The average molecular weight is 573 g/mol. The van der Waals surface area contributed by atoms with Crippen molar-refractivity contribution in [1.29, 1.82) is 0 Å². The van der Waals surface area contributed by atoms with Gasteiger partial charge in [-0.05, 0) is 89.2 Å². The maximum Gasteiger partial charge on any atom is 0.305 e. The van der Waals surface area contributed by atoms with Gasteiger partial charge in [0.1, 0.15) is 0 Å². The van der Waals surface area contributed by atoms with Crippen molar-refractivity contribution in [3.8, 4) is 0 Å². The molecular weight excluding hydrogens is 532 g/mol. The molecule has 0 radical (unpaired) electrons. The SMILES string of the molecule is CCOC(=O)CCCN(CCCSc1ccnc(CSc2nc3ccccc3[nH]2)c1C)CCCC(=O)OCC. The molecule has 39 heavy (non-hydrogen) atoms. The van der Waals surface area contributed by atoms with Crippen LogP contribution in [0.5, 0.6) is 0 Å². The Kier molecular flexibility index (Phi) is 13.7. The van der Waals surface area contributed by atoms with Crippen molar-refractivity contribution >= 4 is 46.5 Å². The van der Waals surface area contributed by atoms with Gasteiger partial charge in [-0.25, -0.2) is 4.98 Å². The molecule has 1 N–H and O–H groups in total. The quantitative estimate of drug-likeness (QED) is 0.111. The predicted molar refractivity (Wildman–Crippen MR) is 158 cm³/mol. The highest BCUT2D eigenvalue weighted by atomic mass is 32.2. The van der Waals surface area contributed by atoms with Crippen LogP contribution in [-0.2, 0) is 24.8 Å². The Morgan fingerprint density at radius 2 is 1.59 bits per heavy atom. The van der Waals surface area contributed by atoms with Gasteiger partial charge in [0, 0.05) is 29.7 Å². The molecule has 0 aliphatic rings. The molecule has 0 fully saturated rings. The van der Waals surface area contributed by atoms with Gasteiger partial charge in [-0.15, -0.1) is 11.8 Å². The zero-order valence-electron chi connectivity index (χ0n) is 23.2. The fourth-order valence-electron chi connectivity index (χ4n) is 4.16. The molecule has 0 aliphatic carbocycles. The normalized spacial score (nSPS) is 11.3. The van der Waals surface area contributed by atoms with Crippen LogP contribution in [0.2, 0.25) is 0 Å². The summed E-state index contributed by atoms with van der Waals surface area (Å²) in [5, 5.41) is 0.904. The number of nitrogens with zero attached hydrogens (tertiary/aromatic N) is 3. The molecule has 2 aromatic heterocycles. The van der Waals surface area contributed by atoms with Crippen LogP contribution < -0.4 is 0 Å². The Bertz CT molecular complexity index is 1130. The van der Waals surface area contributed by atoms with E-state index < -0.39 is 0 Å². The summed E-state index contributed by atoms with van der Waals surface area (Å²) in [6, 6.07) is 10.1. The van der Waals surface area contributed by atoms with Crippen LogP contribution in [0.1, 0.15) is 57.2 Å². The summed E-state index contributed by atoms with van der Waals surface area (Å²) in [4.78, 5) is 39.7. The number of pyridine rings is 1. The lowest BCUT2D eigenvalue weighted by Gasteiger charge is -2.22. The van der Waals surface area contributed by atoms with Crippen molar-refractivity contribution in [3.05, 3.63) is 47.8 Å². The van der Waals surface area contributed by atoms with E-state index in [9.17, 15) is 9.59 Å². The maximum atomic E-state index is 11.7. The number of para-hydroxylation sites is 2. The van der Waals surface area contributed by atoms with Crippen molar-refractivity contribution in [1.82, 2.24) is 19.9 Å². The first-order valence-corrected chi connectivity index (χ1v) is 15.7. The number of esters is 2. The van der Waals surface area contributed by atoms with Crippen molar-refractivity contribution in [2.75, 3.05) is 38.6 Å². The topological polar surface area (TPSA) is 97.4 Å². The number of carbonyl (C=O) groups excluding carboxylic acids is 2. The van der Waals surface area contributed by atoms with E-state index in [2.05, 4.69) is 32.8 Å². The summed E-state index contributed by atoms with van der Waals surface area (Å²) in [7, 11) is 0. The van der Waals surface area contributed by atoms with E-state index in [4.69, 9.17) is 9.47 Å². The fraction of sp³-hybridized carbons (Fsp3) is 0.517. The summed E-state index contributed by atoms with van der Waals surface area (Å²) < 4.78 is 10.1. The molecule has 1 aromatic carbocycles. The number of rotatable bonds is 18. The van der Waals surface area contributed by atoms with E-state index in [0.29, 0.717) is 26.1 Å². The fourth-order valence-corrected chi connectivity index (χ4v) is 6.06. The van der Waals surface area contributed by atoms with E-state index >= 15 is 0 Å². The van der Waals surface area contributed by atoms with Crippen molar-refractivity contribution < 1.29 is 19.1 Å². The van der Waals surface area contributed by atoms with Crippen LogP contribution in [0, 0.1) is 6.92 Å². The number of aromatic amines is 1. The summed E-state index contributed by atoms with van der Waals surface area (Å²) in [5.74, 6) is 1.44. The highest BCUT2D eigenvalue weighted by Crippen LogP contribution is 2.28. The van der Waals surface area contributed by atoms with Crippen LogP contribution in [0.4, 0.5) is 0 Å². The number of H-pyrrole nitrogens is 1. The number of nitrogens with one attached hydrogen (secondary N) is 1. The number of carbonyl (C=O) groups is 2. The maximum absolute atomic E-state index is 11.7. The largest absolute Gasteiger partial charge is 0.466 e. The molecular formula is C29H40N4O4S2. The Balaban J connectivity index is 1.46. The number of aromatic nitrogens is 3. The monoisotopic (exact) mass is 572 g/mol. The zero-order valence-corrected chi connectivity index (χ0v) is 24.9. The van der Waals surface area contributed by atoms with E-state index in [1.54, 1.807) is 11.8 Å². The standard InChI is InChI=1S/C29H40N4O4S2/c1-4-36-27(34)13-8-17-33(18-9-14-28(35)37-5-2)19-10-20-38-26-15-16-30-25(22(26)3)21-39-29-31-23-11-6-7-12-24(23)32-29/h6-7,11-12,15-16H,4-5,8-10,13-14,17-21H2,1-3H3,(H,31,32). The van der Waals surface area contributed by atoms with Crippen LogP contribution in [0.15, 0.2) is 46.6 Å². The van der Waals surface area contributed by atoms with Gasteiger partial charge in [0.05, 0.1) is 29.9 Å². The molecule has 0 unspecified atom stereocenters. The number of fused-ring (bicyclic) bond motifs is 1. The predicted octanol–water partition coefficient (Wildman–Crippen LogP) is 6.03. The third kappa shape index (κ3) is 10.8. The lowest BCUT2D eigenvalue weighted by atomic mass is 10.2. The minimum atomic E-state index is -0.151. The van der Waals surface area contributed by atoms with Gasteiger partial charge in [0.25, 0.3) is 0 Å². The summed E-state index contributed by atoms with van der Waals surface area (Å²) in [6.45, 7) is 9.14. The highest BCUT2D eigenvalue weighted by Gasteiger charge is 2.12. The smallest absolute Gasteiger partial charge is 0.305 e. The van der Waals surface area contributed by atoms with Gasteiger partial charge in [-0.1, -0.05) is 23.9 Å². The van der Waals surface area contributed by atoms with Gasteiger partial charge < -0.3 is 19.4 Å². The second-order valence-corrected chi connectivity index (χ2v) is 11.2. The number of hydrogen-bond acceptors (Lipinski definition) is 9. The van der Waals surface area contributed by atoms with Crippen molar-refractivity contribution in [2.45, 2.75) is 68.7 Å². The lowest BCUT2D eigenvalue weighted by Crippen LogP contribution is -2.28. The van der Waals surface area contributed by atoms with Crippen LogP contribution in [0.3, 0.4) is 0 Å². The summed E-state index contributed by atoms with van der Waals surface area (Å²) in [5.41, 5.74) is 4.31. The molecule has 0 atom stereocenters. The number of benzene rings is 1. The van der Waals surface area contributed by atoms with Gasteiger partial charge in [-0.2, -0.15) is 0 Å². The van der Waals surface area contributed by atoms with Crippen molar-refractivity contribution in [2.24, 2.45) is 0 Å². The van der Waals surface area contributed by atoms with E-state index in [0.717, 1.165) is 72.3 Å². The first-order chi connectivity index (χ1) is 19.0. The minimum Gasteiger partial charge on any atom is -0.466 e. The Morgan fingerprint density at radius 1 is 0.923 bits per heavy atom. The number of imidazole rings is 1. The van der Waals surface area contributed by atoms with Gasteiger partial charge >= 0.3 is 11.9 Å². The zero-order chi connectivity index (χ0) is 27.9. The molecule has 10 heteroatoms. The van der Waals surface area contributed by atoms with Gasteiger partial charge in [0.15, 0.2) is 5.16 Å².